The van der Waals surface area contributed by atoms with Crippen LogP contribution in [0.1, 0.15) is 18.9 Å². The van der Waals surface area contributed by atoms with Gasteiger partial charge in [-0.15, -0.1) is 0 Å². The fourth-order valence-electron chi connectivity index (χ4n) is 1.84. The molecule has 3 heteroatoms. The van der Waals surface area contributed by atoms with E-state index in [-0.39, 0.29) is 5.54 Å². The lowest BCUT2D eigenvalue weighted by Crippen LogP contribution is -2.37. The summed E-state index contributed by atoms with van der Waals surface area (Å²) in [6.07, 6.45) is 3.01. The molecule has 0 saturated carbocycles. The third kappa shape index (κ3) is 2.04. The monoisotopic (exact) mass is 191 g/mol. The molecule has 1 fully saturated rings. The first-order chi connectivity index (χ1) is 6.68. The van der Waals surface area contributed by atoms with Gasteiger partial charge in [0.15, 0.2) is 0 Å². The van der Waals surface area contributed by atoms with E-state index >= 15 is 0 Å². The number of nitrogens with one attached hydrogen (secondary N) is 2. The van der Waals surface area contributed by atoms with Crippen molar-refractivity contribution < 1.29 is 0 Å². The fraction of sp³-hybridized carbons (Fsp3) is 0.545. The van der Waals surface area contributed by atoms with Gasteiger partial charge in [-0.25, -0.2) is 4.98 Å². The number of aryl methyl sites for hydroxylation is 1. The highest BCUT2D eigenvalue weighted by Crippen LogP contribution is 2.19. The summed E-state index contributed by atoms with van der Waals surface area (Å²) in [7, 11) is 0. The number of pyridine rings is 1. The molecule has 14 heavy (non-hydrogen) atoms. The predicted molar refractivity (Wildman–Crippen MR) is 58.5 cm³/mol. The van der Waals surface area contributed by atoms with Crippen molar-refractivity contribution in [3.8, 4) is 0 Å². The molecular weight excluding hydrogens is 174 g/mol. The summed E-state index contributed by atoms with van der Waals surface area (Å²) in [4.78, 5) is 4.31. The van der Waals surface area contributed by atoms with Crippen LogP contribution in [0.25, 0.3) is 0 Å². The molecule has 0 spiro atoms. The van der Waals surface area contributed by atoms with E-state index in [9.17, 15) is 0 Å². The van der Waals surface area contributed by atoms with Crippen LogP contribution >= 0.6 is 0 Å². The number of nitrogens with zero attached hydrogens (tertiary/aromatic N) is 1. The van der Waals surface area contributed by atoms with Gasteiger partial charge in [0.25, 0.3) is 0 Å². The molecule has 2 rings (SSSR count). The Morgan fingerprint density at radius 3 is 3.07 bits per heavy atom. The lowest BCUT2D eigenvalue weighted by atomic mass is 10.0. The van der Waals surface area contributed by atoms with Crippen LogP contribution in [0.5, 0.6) is 0 Å². The molecule has 1 atom stereocenters. The summed E-state index contributed by atoms with van der Waals surface area (Å²) in [5, 5.41) is 6.84. The first-order valence-electron chi connectivity index (χ1n) is 5.10. The number of rotatable bonds is 2. The second kappa shape index (κ2) is 3.58. The summed E-state index contributed by atoms with van der Waals surface area (Å²) < 4.78 is 0. The van der Waals surface area contributed by atoms with Crippen molar-refractivity contribution in [2.24, 2.45) is 0 Å². The van der Waals surface area contributed by atoms with E-state index in [1.54, 1.807) is 0 Å². The number of anilines is 1. The highest BCUT2D eigenvalue weighted by atomic mass is 15.1. The van der Waals surface area contributed by atoms with E-state index in [2.05, 4.69) is 35.5 Å². The minimum atomic E-state index is 0.167. The zero-order valence-corrected chi connectivity index (χ0v) is 8.80. The minimum absolute atomic E-state index is 0.167. The summed E-state index contributed by atoms with van der Waals surface area (Å²) in [5.74, 6) is 0.983. The Labute approximate surface area is 84.9 Å². The SMILES string of the molecule is Cc1ccnc(NC2(C)CCNC2)c1. The maximum absolute atomic E-state index is 4.31. The van der Waals surface area contributed by atoms with Crippen LogP contribution < -0.4 is 10.6 Å². The van der Waals surface area contributed by atoms with Crippen molar-refractivity contribution in [1.82, 2.24) is 10.3 Å². The van der Waals surface area contributed by atoms with E-state index in [0.29, 0.717) is 0 Å². The van der Waals surface area contributed by atoms with Gasteiger partial charge in [0.2, 0.25) is 0 Å². The highest BCUT2D eigenvalue weighted by Gasteiger charge is 2.28. The Bertz CT molecular complexity index is 316. The first kappa shape index (κ1) is 9.46. The summed E-state index contributed by atoms with van der Waals surface area (Å²) >= 11 is 0. The number of hydrogen-bond acceptors (Lipinski definition) is 3. The topological polar surface area (TPSA) is 37.0 Å². The van der Waals surface area contributed by atoms with Crippen LogP contribution in [-0.4, -0.2) is 23.6 Å². The molecule has 76 valence electrons. The molecule has 0 aliphatic carbocycles. The lowest BCUT2D eigenvalue weighted by molar-refractivity contribution is 0.564. The molecule has 2 heterocycles. The molecule has 1 aliphatic heterocycles. The van der Waals surface area contributed by atoms with Crippen molar-refractivity contribution in [2.45, 2.75) is 25.8 Å². The average Bonchev–Trinajstić information content (AvgIpc) is 2.51. The molecule has 1 unspecified atom stereocenters. The highest BCUT2D eigenvalue weighted by molar-refractivity contribution is 5.40. The Hall–Kier alpha value is -1.09. The second-order valence-corrected chi connectivity index (χ2v) is 4.33. The summed E-state index contributed by atoms with van der Waals surface area (Å²) in [6.45, 7) is 6.43. The second-order valence-electron chi connectivity index (χ2n) is 4.33. The predicted octanol–water partition coefficient (Wildman–Crippen LogP) is 1.55. The van der Waals surface area contributed by atoms with Gasteiger partial charge in [-0.2, -0.15) is 0 Å². The van der Waals surface area contributed by atoms with Crippen LogP contribution in [-0.2, 0) is 0 Å². The van der Waals surface area contributed by atoms with Gasteiger partial charge in [0, 0.05) is 18.3 Å². The molecule has 0 radical (unpaired) electrons. The Morgan fingerprint density at radius 2 is 2.43 bits per heavy atom. The van der Waals surface area contributed by atoms with Gasteiger partial charge in [0.05, 0.1) is 0 Å². The van der Waals surface area contributed by atoms with E-state index in [1.807, 2.05) is 12.3 Å². The minimum Gasteiger partial charge on any atom is -0.364 e. The molecular formula is C11H17N3. The van der Waals surface area contributed by atoms with Crippen molar-refractivity contribution >= 4 is 5.82 Å². The molecule has 1 aromatic rings. The third-order valence-electron chi connectivity index (χ3n) is 2.71. The Morgan fingerprint density at radius 1 is 1.57 bits per heavy atom. The largest absolute Gasteiger partial charge is 0.364 e. The normalized spacial score (nSPS) is 26.4. The van der Waals surface area contributed by atoms with Crippen LogP contribution in [0, 0.1) is 6.92 Å². The number of aromatic nitrogens is 1. The van der Waals surface area contributed by atoms with Gasteiger partial charge >= 0.3 is 0 Å². The van der Waals surface area contributed by atoms with Crippen LogP contribution in [0.3, 0.4) is 0 Å². The van der Waals surface area contributed by atoms with Crippen molar-refractivity contribution in [2.75, 3.05) is 18.4 Å². The van der Waals surface area contributed by atoms with Gasteiger partial charge in [-0.1, -0.05) is 0 Å². The van der Waals surface area contributed by atoms with E-state index in [0.717, 1.165) is 25.3 Å². The van der Waals surface area contributed by atoms with Crippen LogP contribution in [0.2, 0.25) is 0 Å². The maximum atomic E-state index is 4.31. The molecule has 0 amide bonds. The summed E-state index contributed by atoms with van der Waals surface area (Å²) in [5.41, 5.74) is 1.41. The van der Waals surface area contributed by atoms with Gasteiger partial charge in [-0.05, 0) is 44.5 Å². The standard InChI is InChI=1S/C11H17N3/c1-9-3-5-13-10(7-9)14-11(2)4-6-12-8-11/h3,5,7,12H,4,6,8H2,1-2H3,(H,13,14). The van der Waals surface area contributed by atoms with Gasteiger partial charge < -0.3 is 10.6 Å². The van der Waals surface area contributed by atoms with E-state index in [4.69, 9.17) is 0 Å². The fourth-order valence-corrected chi connectivity index (χ4v) is 1.84. The molecule has 1 aliphatic rings. The summed E-state index contributed by atoms with van der Waals surface area (Å²) in [6, 6.07) is 4.10. The first-order valence-corrected chi connectivity index (χ1v) is 5.10. The molecule has 0 bridgehead atoms. The van der Waals surface area contributed by atoms with Crippen LogP contribution in [0.4, 0.5) is 5.82 Å². The quantitative estimate of drug-likeness (QED) is 0.744. The van der Waals surface area contributed by atoms with Gasteiger partial charge in [-0.3, -0.25) is 0 Å². The molecule has 0 aromatic carbocycles. The zero-order chi connectivity index (χ0) is 10.0. The maximum Gasteiger partial charge on any atom is 0.126 e. The van der Waals surface area contributed by atoms with Crippen molar-refractivity contribution in [3.63, 3.8) is 0 Å². The average molecular weight is 191 g/mol. The van der Waals surface area contributed by atoms with E-state index in [1.165, 1.54) is 5.56 Å². The molecule has 2 N–H and O–H groups in total. The molecule has 1 aromatic heterocycles. The van der Waals surface area contributed by atoms with Crippen molar-refractivity contribution in [1.29, 1.82) is 0 Å². The third-order valence-corrected chi connectivity index (χ3v) is 2.71. The van der Waals surface area contributed by atoms with Gasteiger partial charge in [0.1, 0.15) is 5.82 Å². The Balaban J connectivity index is 2.10. The zero-order valence-electron chi connectivity index (χ0n) is 8.80. The molecule has 3 nitrogen and oxygen atoms in total. The molecule has 1 saturated heterocycles. The Kier molecular flexibility index (Phi) is 2.42. The lowest BCUT2D eigenvalue weighted by Gasteiger charge is -2.25. The van der Waals surface area contributed by atoms with Crippen molar-refractivity contribution in [3.05, 3.63) is 23.9 Å². The number of hydrogen-bond donors (Lipinski definition) is 2. The smallest absolute Gasteiger partial charge is 0.126 e. The van der Waals surface area contributed by atoms with Crippen LogP contribution in [0.15, 0.2) is 18.3 Å². The van der Waals surface area contributed by atoms with E-state index < -0.39 is 0 Å².